The molecule has 21 heavy (non-hydrogen) atoms. The van der Waals surface area contributed by atoms with Gasteiger partial charge in [-0.25, -0.2) is 9.78 Å². The second kappa shape index (κ2) is 7.26. The number of nitrogen functional groups attached to an aromatic ring is 1. The molecule has 0 unspecified atom stereocenters. The molecule has 6 nitrogen and oxygen atoms in total. The number of pyridine rings is 1. The Hall–Kier alpha value is -1.82. The summed E-state index contributed by atoms with van der Waals surface area (Å²) < 4.78 is 10.4. The summed E-state index contributed by atoms with van der Waals surface area (Å²) in [5, 5.41) is 0. The van der Waals surface area contributed by atoms with E-state index >= 15 is 0 Å². The monoisotopic (exact) mass is 293 g/mol. The van der Waals surface area contributed by atoms with Gasteiger partial charge in [-0.3, -0.25) is 0 Å². The van der Waals surface area contributed by atoms with Crippen molar-refractivity contribution in [2.75, 3.05) is 44.0 Å². The molecule has 116 valence electrons. The predicted molar refractivity (Wildman–Crippen MR) is 81.4 cm³/mol. The molecule has 1 aromatic rings. The molecule has 1 aromatic heterocycles. The number of nitrogens with two attached hydrogens (primary N) is 1. The zero-order valence-corrected chi connectivity index (χ0v) is 12.7. The highest BCUT2D eigenvalue weighted by molar-refractivity contribution is 5.97. The first kappa shape index (κ1) is 15.6. The van der Waals surface area contributed by atoms with Crippen LogP contribution in [-0.4, -0.2) is 44.4 Å². The number of carbonyl (C=O) groups is 1. The van der Waals surface area contributed by atoms with E-state index in [1.807, 2.05) is 11.9 Å². The first-order chi connectivity index (χ1) is 10.1. The third-order valence-electron chi connectivity index (χ3n) is 3.70. The Balaban J connectivity index is 2.11. The number of anilines is 2. The minimum absolute atomic E-state index is 0.327. The van der Waals surface area contributed by atoms with Crippen molar-refractivity contribution in [3.63, 3.8) is 0 Å². The molecule has 2 heterocycles. The van der Waals surface area contributed by atoms with Crippen molar-refractivity contribution in [1.82, 2.24) is 4.98 Å². The number of rotatable bonds is 5. The number of hydrogen-bond donors (Lipinski definition) is 1. The first-order valence-corrected chi connectivity index (χ1v) is 7.34. The molecule has 0 spiro atoms. The smallest absolute Gasteiger partial charge is 0.340 e. The third-order valence-corrected chi connectivity index (χ3v) is 3.70. The maximum Gasteiger partial charge on any atom is 0.340 e. The molecule has 6 heteroatoms. The lowest BCUT2D eigenvalue weighted by Gasteiger charge is -2.28. The normalized spacial score (nSPS) is 15.7. The summed E-state index contributed by atoms with van der Waals surface area (Å²) in [5.74, 6) is 0.793. The Morgan fingerprint density at radius 3 is 2.90 bits per heavy atom. The van der Waals surface area contributed by atoms with E-state index in [1.165, 1.54) is 0 Å². The molecule has 0 amide bonds. The Morgan fingerprint density at radius 1 is 1.52 bits per heavy atom. The zero-order valence-electron chi connectivity index (χ0n) is 12.7. The Labute approximate surface area is 125 Å². The van der Waals surface area contributed by atoms with Crippen LogP contribution in [0.5, 0.6) is 0 Å². The van der Waals surface area contributed by atoms with Gasteiger partial charge in [0.25, 0.3) is 0 Å². The Morgan fingerprint density at radius 2 is 2.24 bits per heavy atom. The lowest BCUT2D eigenvalue weighted by molar-refractivity contribution is 0.0527. The van der Waals surface area contributed by atoms with Crippen LogP contribution in [0.15, 0.2) is 12.3 Å². The highest BCUT2D eigenvalue weighted by Gasteiger charge is 2.20. The minimum atomic E-state index is -0.405. The van der Waals surface area contributed by atoms with E-state index < -0.39 is 5.97 Å². The van der Waals surface area contributed by atoms with Crippen LogP contribution in [0.3, 0.4) is 0 Å². The number of aromatic nitrogens is 1. The number of esters is 1. The van der Waals surface area contributed by atoms with Crippen molar-refractivity contribution in [3.8, 4) is 0 Å². The molecule has 0 saturated carbocycles. The van der Waals surface area contributed by atoms with Crippen molar-refractivity contribution in [2.24, 2.45) is 5.92 Å². The van der Waals surface area contributed by atoms with Crippen LogP contribution in [0.4, 0.5) is 11.5 Å². The lowest BCUT2D eigenvalue weighted by atomic mass is 10.00. The van der Waals surface area contributed by atoms with Crippen LogP contribution in [0.25, 0.3) is 0 Å². The quantitative estimate of drug-likeness (QED) is 0.833. The van der Waals surface area contributed by atoms with E-state index in [-0.39, 0.29) is 0 Å². The van der Waals surface area contributed by atoms with Crippen molar-refractivity contribution in [2.45, 2.75) is 19.8 Å². The summed E-state index contributed by atoms with van der Waals surface area (Å²) in [7, 11) is 1.95. The summed E-state index contributed by atoms with van der Waals surface area (Å²) in [4.78, 5) is 18.2. The molecular weight excluding hydrogens is 270 g/mol. The Kier molecular flexibility index (Phi) is 5.38. The van der Waals surface area contributed by atoms with Crippen molar-refractivity contribution >= 4 is 17.5 Å². The molecule has 2 N–H and O–H groups in total. The van der Waals surface area contributed by atoms with Crippen molar-refractivity contribution in [3.05, 3.63) is 17.8 Å². The molecule has 0 aliphatic carbocycles. The van der Waals surface area contributed by atoms with Gasteiger partial charge in [0.05, 0.1) is 17.9 Å². The van der Waals surface area contributed by atoms with Gasteiger partial charge in [-0.05, 0) is 31.7 Å². The standard InChI is InChI=1S/C15H23N3O3/c1-3-21-15(19)12-4-7-17-14(13(12)16)18(2)10-11-5-8-20-9-6-11/h4,7,11H,3,5-6,8-10,16H2,1-2H3. The first-order valence-electron chi connectivity index (χ1n) is 7.34. The SMILES string of the molecule is CCOC(=O)c1ccnc(N(C)CC2CCOCC2)c1N. The lowest BCUT2D eigenvalue weighted by Crippen LogP contribution is -2.30. The zero-order chi connectivity index (χ0) is 15.2. The van der Waals surface area contributed by atoms with Crippen LogP contribution in [0.1, 0.15) is 30.1 Å². The maximum atomic E-state index is 11.9. The molecule has 1 fully saturated rings. The minimum Gasteiger partial charge on any atom is -0.462 e. The van der Waals surface area contributed by atoms with Crippen LogP contribution < -0.4 is 10.6 Å². The number of ether oxygens (including phenoxy) is 2. The second-order valence-corrected chi connectivity index (χ2v) is 5.25. The fraction of sp³-hybridized carbons (Fsp3) is 0.600. The number of nitrogens with zero attached hydrogens (tertiary/aromatic N) is 2. The van der Waals surface area contributed by atoms with Crippen LogP contribution >= 0.6 is 0 Å². The summed E-state index contributed by atoms with van der Waals surface area (Å²) in [6, 6.07) is 1.60. The molecule has 0 atom stereocenters. The molecular formula is C15H23N3O3. The van der Waals surface area contributed by atoms with Gasteiger partial charge in [0.2, 0.25) is 0 Å². The van der Waals surface area contributed by atoms with E-state index in [0.29, 0.717) is 29.6 Å². The van der Waals surface area contributed by atoms with E-state index in [4.69, 9.17) is 15.2 Å². The van der Waals surface area contributed by atoms with E-state index in [1.54, 1.807) is 19.2 Å². The van der Waals surface area contributed by atoms with Gasteiger partial charge in [0.1, 0.15) is 0 Å². The van der Waals surface area contributed by atoms with Crippen molar-refractivity contribution < 1.29 is 14.3 Å². The van der Waals surface area contributed by atoms with Gasteiger partial charge in [0, 0.05) is 33.0 Å². The van der Waals surface area contributed by atoms with Crippen LogP contribution in [-0.2, 0) is 9.47 Å². The highest BCUT2D eigenvalue weighted by atomic mass is 16.5. The molecule has 0 radical (unpaired) electrons. The topological polar surface area (TPSA) is 77.7 Å². The third kappa shape index (κ3) is 3.85. The van der Waals surface area contributed by atoms with Gasteiger partial charge < -0.3 is 20.1 Å². The predicted octanol–water partition coefficient (Wildman–Crippen LogP) is 1.70. The van der Waals surface area contributed by atoms with Crippen LogP contribution in [0, 0.1) is 5.92 Å². The largest absolute Gasteiger partial charge is 0.462 e. The maximum absolute atomic E-state index is 11.9. The molecule has 2 rings (SSSR count). The summed E-state index contributed by atoms with van der Waals surface area (Å²) >= 11 is 0. The fourth-order valence-electron chi connectivity index (χ4n) is 2.56. The summed E-state index contributed by atoms with van der Waals surface area (Å²) in [6.07, 6.45) is 3.68. The molecule has 1 saturated heterocycles. The summed E-state index contributed by atoms with van der Waals surface area (Å²) in [6.45, 7) is 4.57. The van der Waals surface area contributed by atoms with E-state index in [0.717, 1.165) is 32.6 Å². The number of hydrogen-bond acceptors (Lipinski definition) is 6. The number of carbonyl (C=O) groups excluding carboxylic acids is 1. The molecule has 0 aromatic carbocycles. The Bertz CT molecular complexity index is 487. The van der Waals surface area contributed by atoms with E-state index in [2.05, 4.69) is 4.98 Å². The highest BCUT2D eigenvalue weighted by Crippen LogP contribution is 2.26. The second-order valence-electron chi connectivity index (χ2n) is 5.25. The molecule has 0 bridgehead atoms. The molecule has 1 aliphatic heterocycles. The van der Waals surface area contributed by atoms with E-state index in [9.17, 15) is 4.79 Å². The molecule has 1 aliphatic rings. The average molecular weight is 293 g/mol. The van der Waals surface area contributed by atoms with Gasteiger partial charge >= 0.3 is 5.97 Å². The van der Waals surface area contributed by atoms with Gasteiger partial charge in [0.15, 0.2) is 5.82 Å². The van der Waals surface area contributed by atoms with Gasteiger partial charge in [-0.1, -0.05) is 0 Å². The van der Waals surface area contributed by atoms with Gasteiger partial charge in [-0.15, -0.1) is 0 Å². The van der Waals surface area contributed by atoms with Gasteiger partial charge in [-0.2, -0.15) is 0 Å². The average Bonchev–Trinajstić information content (AvgIpc) is 2.48. The van der Waals surface area contributed by atoms with Crippen molar-refractivity contribution in [1.29, 1.82) is 0 Å². The fourth-order valence-corrected chi connectivity index (χ4v) is 2.56. The summed E-state index contributed by atoms with van der Waals surface area (Å²) in [5.41, 5.74) is 6.85. The van der Waals surface area contributed by atoms with Crippen LogP contribution in [0.2, 0.25) is 0 Å².